The summed E-state index contributed by atoms with van der Waals surface area (Å²) < 4.78 is 0.732. The van der Waals surface area contributed by atoms with E-state index in [2.05, 4.69) is 21.2 Å². The smallest absolute Gasteiger partial charge is 0.259 e. The second-order valence-electron chi connectivity index (χ2n) is 4.94. The van der Waals surface area contributed by atoms with Crippen molar-refractivity contribution < 1.29 is 9.90 Å². The Kier molecular flexibility index (Phi) is 4.00. The first-order valence-corrected chi connectivity index (χ1v) is 7.61. The number of rotatable bonds is 2. The topological polar surface area (TPSA) is 73.1 Å². The Bertz CT molecular complexity index is 944. The number of amides is 1. The van der Waals surface area contributed by atoms with Crippen LogP contribution in [0.3, 0.4) is 0 Å². The van der Waals surface area contributed by atoms with Crippen LogP contribution in [0.15, 0.2) is 59.1 Å². The fraction of sp³-hybridized carbons (Fsp3) is 0. The van der Waals surface area contributed by atoms with Crippen molar-refractivity contribution in [3.8, 4) is 11.8 Å². The van der Waals surface area contributed by atoms with Crippen molar-refractivity contribution >= 4 is 38.3 Å². The lowest BCUT2D eigenvalue weighted by Gasteiger charge is -2.10. The Morgan fingerprint density at radius 1 is 1.09 bits per heavy atom. The molecule has 0 heterocycles. The molecule has 3 aromatic carbocycles. The quantitative estimate of drug-likeness (QED) is 0.704. The van der Waals surface area contributed by atoms with Gasteiger partial charge in [-0.05, 0) is 35.7 Å². The van der Waals surface area contributed by atoms with Crippen LogP contribution in [0.25, 0.3) is 10.8 Å². The summed E-state index contributed by atoms with van der Waals surface area (Å²) in [6.07, 6.45) is 0. The fourth-order valence-corrected chi connectivity index (χ4v) is 2.89. The molecule has 0 bridgehead atoms. The average Bonchev–Trinajstić information content (AvgIpc) is 2.58. The van der Waals surface area contributed by atoms with Crippen molar-refractivity contribution in [2.45, 2.75) is 0 Å². The maximum Gasteiger partial charge on any atom is 0.259 e. The van der Waals surface area contributed by atoms with E-state index in [1.165, 1.54) is 0 Å². The van der Waals surface area contributed by atoms with E-state index in [0.29, 0.717) is 16.6 Å². The first-order valence-electron chi connectivity index (χ1n) is 6.82. The van der Waals surface area contributed by atoms with E-state index in [1.807, 2.05) is 18.2 Å². The number of nitrogens with one attached hydrogen (secondary N) is 1. The van der Waals surface area contributed by atoms with Gasteiger partial charge in [0, 0.05) is 15.5 Å². The lowest BCUT2D eigenvalue weighted by molar-refractivity contribution is 0.102. The largest absolute Gasteiger partial charge is 0.506 e. The van der Waals surface area contributed by atoms with E-state index in [0.717, 1.165) is 9.86 Å². The Balaban J connectivity index is 1.97. The summed E-state index contributed by atoms with van der Waals surface area (Å²) in [6, 6.07) is 17.4. The molecule has 0 radical (unpaired) electrons. The molecule has 1 amide bonds. The van der Waals surface area contributed by atoms with Gasteiger partial charge in [0.25, 0.3) is 5.91 Å². The highest BCUT2D eigenvalue weighted by molar-refractivity contribution is 9.10. The first kappa shape index (κ1) is 15.1. The molecule has 4 nitrogen and oxygen atoms in total. The molecular weight excluding hydrogens is 356 g/mol. The number of nitriles is 1. The molecule has 0 atom stereocenters. The third kappa shape index (κ3) is 2.89. The number of fused-ring (bicyclic) bond motifs is 1. The molecule has 0 saturated heterocycles. The Morgan fingerprint density at radius 3 is 2.39 bits per heavy atom. The minimum atomic E-state index is -0.418. The normalized spacial score (nSPS) is 10.3. The minimum absolute atomic E-state index is 0.0602. The highest BCUT2D eigenvalue weighted by Crippen LogP contribution is 2.34. The number of phenolic OH excluding ortho intramolecular Hbond substituents is 1. The molecule has 112 valence electrons. The Labute approximate surface area is 141 Å². The number of carbonyl (C=O) groups excluding carboxylic acids is 1. The van der Waals surface area contributed by atoms with Crippen LogP contribution in [0, 0.1) is 11.3 Å². The van der Waals surface area contributed by atoms with Crippen molar-refractivity contribution in [3.63, 3.8) is 0 Å². The summed E-state index contributed by atoms with van der Waals surface area (Å²) in [5.41, 5.74) is 1.25. The number of benzene rings is 3. The standard InChI is InChI=1S/C18H11BrN2O2/c19-16-9-15(17(22)14-4-2-1-3-13(14)16)18(23)21-12-7-5-11(10-20)6-8-12/h1-9,22H,(H,21,23). The van der Waals surface area contributed by atoms with Gasteiger partial charge in [-0.2, -0.15) is 5.26 Å². The highest BCUT2D eigenvalue weighted by atomic mass is 79.9. The van der Waals surface area contributed by atoms with E-state index in [-0.39, 0.29) is 11.3 Å². The lowest BCUT2D eigenvalue weighted by Crippen LogP contribution is -2.12. The maximum absolute atomic E-state index is 12.4. The van der Waals surface area contributed by atoms with Crippen LogP contribution in [0.4, 0.5) is 5.69 Å². The van der Waals surface area contributed by atoms with Crippen LogP contribution < -0.4 is 5.32 Å². The lowest BCUT2D eigenvalue weighted by atomic mass is 10.0. The summed E-state index contributed by atoms with van der Waals surface area (Å²) in [6.45, 7) is 0. The summed E-state index contributed by atoms with van der Waals surface area (Å²) in [4.78, 5) is 12.4. The van der Waals surface area contributed by atoms with Gasteiger partial charge in [0.15, 0.2) is 0 Å². The third-order valence-electron chi connectivity index (χ3n) is 3.48. The molecule has 0 unspecified atom stereocenters. The SMILES string of the molecule is N#Cc1ccc(NC(=O)c2cc(Br)c3ccccc3c2O)cc1. The number of anilines is 1. The van der Waals surface area contributed by atoms with Gasteiger partial charge in [0.05, 0.1) is 17.2 Å². The molecule has 5 heteroatoms. The molecule has 0 fully saturated rings. The number of hydrogen-bond donors (Lipinski definition) is 2. The number of phenols is 1. The van der Waals surface area contributed by atoms with Crippen LogP contribution in [-0.2, 0) is 0 Å². The van der Waals surface area contributed by atoms with Gasteiger partial charge in [-0.1, -0.05) is 40.2 Å². The van der Waals surface area contributed by atoms with E-state index in [9.17, 15) is 9.90 Å². The number of nitrogens with zero attached hydrogens (tertiary/aromatic N) is 1. The predicted molar refractivity (Wildman–Crippen MR) is 92.4 cm³/mol. The van der Waals surface area contributed by atoms with Gasteiger partial charge in [-0.3, -0.25) is 4.79 Å². The third-order valence-corrected chi connectivity index (χ3v) is 4.14. The van der Waals surface area contributed by atoms with Crippen LogP contribution in [0.1, 0.15) is 15.9 Å². The van der Waals surface area contributed by atoms with Crippen LogP contribution in [-0.4, -0.2) is 11.0 Å². The van der Waals surface area contributed by atoms with Crippen LogP contribution in [0.5, 0.6) is 5.75 Å². The zero-order valence-electron chi connectivity index (χ0n) is 11.9. The molecule has 0 aliphatic rings. The molecular formula is C18H11BrN2O2. The van der Waals surface area contributed by atoms with Gasteiger partial charge in [0.1, 0.15) is 5.75 Å². The maximum atomic E-state index is 12.4. The number of hydrogen-bond acceptors (Lipinski definition) is 3. The number of carbonyl (C=O) groups is 1. The van der Waals surface area contributed by atoms with Crippen molar-refractivity contribution in [1.82, 2.24) is 0 Å². The molecule has 0 spiro atoms. The zero-order valence-corrected chi connectivity index (χ0v) is 13.5. The molecule has 3 rings (SSSR count). The fourth-order valence-electron chi connectivity index (χ4n) is 2.32. The van der Waals surface area contributed by atoms with Gasteiger partial charge < -0.3 is 10.4 Å². The molecule has 0 aliphatic carbocycles. The van der Waals surface area contributed by atoms with Crippen LogP contribution in [0.2, 0.25) is 0 Å². The monoisotopic (exact) mass is 366 g/mol. The van der Waals surface area contributed by atoms with E-state index in [4.69, 9.17) is 5.26 Å². The van der Waals surface area contributed by atoms with Crippen molar-refractivity contribution in [3.05, 3.63) is 70.2 Å². The number of halogens is 1. The first-order chi connectivity index (χ1) is 11.1. The van der Waals surface area contributed by atoms with Crippen molar-refractivity contribution in [2.24, 2.45) is 0 Å². The molecule has 0 aromatic heterocycles. The molecule has 0 aliphatic heterocycles. The van der Waals surface area contributed by atoms with Gasteiger partial charge in [0.2, 0.25) is 0 Å². The molecule has 3 aromatic rings. The summed E-state index contributed by atoms with van der Waals surface area (Å²) in [5.74, 6) is -0.478. The summed E-state index contributed by atoms with van der Waals surface area (Å²) in [7, 11) is 0. The van der Waals surface area contributed by atoms with E-state index in [1.54, 1.807) is 42.5 Å². The average molecular weight is 367 g/mol. The highest BCUT2D eigenvalue weighted by Gasteiger charge is 2.16. The van der Waals surface area contributed by atoms with Crippen LogP contribution >= 0.6 is 15.9 Å². The van der Waals surface area contributed by atoms with Gasteiger partial charge >= 0.3 is 0 Å². The Morgan fingerprint density at radius 2 is 1.74 bits per heavy atom. The second-order valence-corrected chi connectivity index (χ2v) is 5.80. The van der Waals surface area contributed by atoms with E-state index >= 15 is 0 Å². The number of aromatic hydroxyl groups is 1. The molecule has 2 N–H and O–H groups in total. The summed E-state index contributed by atoms with van der Waals surface area (Å²) in [5, 5.41) is 23.3. The van der Waals surface area contributed by atoms with Gasteiger partial charge in [-0.15, -0.1) is 0 Å². The molecule has 23 heavy (non-hydrogen) atoms. The predicted octanol–water partition coefficient (Wildman–Crippen LogP) is 4.43. The van der Waals surface area contributed by atoms with Crippen molar-refractivity contribution in [2.75, 3.05) is 5.32 Å². The molecule has 0 saturated carbocycles. The summed E-state index contributed by atoms with van der Waals surface area (Å²) >= 11 is 3.43. The van der Waals surface area contributed by atoms with E-state index < -0.39 is 5.91 Å². The Hall–Kier alpha value is -2.84. The minimum Gasteiger partial charge on any atom is -0.506 e. The zero-order chi connectivity index (χ0) is 16.4. The van der Waals surface area contributed by atoms with Gasteiger partial charge in [-0.25, -0.2) is 0 Å². The van der Waals surface area contributed by atoms with Crippen molar-refractivity contribution in [1.29, 1.82) is 5.26 Å². The second kappa shape index (κ2) is 6.11.